The molecule has 0 radical (unpaired) electrons. The van der Waals surface area contributed by atoms with Crippen LogP contribution in [0.5, 0.6) is 5.75 Å². The highest BCUT2D eigenvalue weighted by molar-refractivity contribution is 6.32. The number of hydrogen-bond acceptors (Lipinski definition) is 4. The Morgan fingerprint density at radius 1 is 1.31 bits per heavy atom. The van der Waals surface area contributed by atoms with Gasteiger partial charge in [-0.1, -0.05) is 22.8 Å². The third-order valence-electron chi connectivity index (χ3n) is 2.13. The van der Waals surface area contributed by atoms with Crippen molar-refractivity contribution in [3.63, 3.8) is 0 Å². The summed E-state index contributed by atoms with van der Waals surface area (Å²) in [6.45, 7) is 1.26. The van der Waals surface area contributed by atoms with Crippen LogP contribution < -0.4 is 5.32 Å². The predicted molar refractivity (Wildman–Crippen MR) is 60.2 cm³/mol. The van der Waals surface area contributed by atoms with Gasteiger partial charge in [-0.3, -0.25) is 0 Å². The molecule has 0 unspecified atom stereocenters. The first-order valence-corrected chi connectivity index (χ1v) is 5.21. The Morgan fingerprint density at radius 3 is 2.88 bits per heavy atom. The number of aromatic hydroxyl groups is 1. The van der Waals surface area contributed by atoms with Gasteiger partial charge in [0, 0.05) is 12.6 Å². The van der Waals surface area contributed by atoms with E-state index in [2.05, 4.69) is 10.5 Å². The number of halogens is 1. The highest BCUT2D eigenvalue weighted by Gasteiger charge is 2.00. The lowest BCUT2D eigenvalue weighted by Crippen LogP contribution is -2.11. The second-order valence-corrected chi connectivity index (χ2v) is 3.78. The number of phenolic OH excluding ortho intramolecular Hbond substituents is 1. The summed E-state index contributed by atoms with van der Waals surface area (Å²) >= 11 is 5.79. The molecule has 0 amide bonds. The molecule has 0 saturated carbocycles. The van der Waals surface area contributed by atoms with Crippen LogP contribution >= 0.6 is 11.6 Å². The second-order valence-electron chi connectivity index (χ2n) is 3.37. The van der Waals surface area contributed by atoms with Gasteiger partial charge in [0.1, 0.15) is 11.5 Å². The normalized spacial score (nSPS) is 10.6. The van der Waals surface area contributed by atoms with Crippen LogP contribution in [0, 0.1) is 0 Å². The maximum Gasteiger partial charge on any atom is 0.150 e. The number of aromatic nitrogens is 1. The van der Waals surface area contributed by atoms with Crippen molar-refractivity contribution in [1.82, 2.24) is 10.5 Å². The highest BCUT2D eigenvalue weighted by atomic mass is 35.5. The van der Waals surface area contributed by atoms with E-state index in [9.17, 15) is 5.11 Å². The first kappa shape index (κ1) is 11.0. The molecule has 4 nitrogen and oxygen atoms in total. The first-order chi connectivity index (χ1) is 7.75. The fraction of sp³-hybridized carbons (Fsp3) is 0.182. The van der Waals surface area contributed by atoms with Gasteiger partial charge < -0.3 is 14.9 Å². The lowest BCUT2D eigenvalue weighted by molar-refractivity contribution is 0.372. The van der Waals surface area contributed by atoms with Gasteiger partial charge in [-0.05, 0) is 17.7 Å². The topological polar surface area (TPSA) is 58.3 Å². The van der Waals surface area contributed by atoms with Crippen molar-refractivity contribution in [1.29, 1.82) is 0 Å². The van der Waals surface area contributed by atoms with Crippen molar-refractivity contribution in [2.75, 3.05) is 0 Å². The Labute approximate surface area is 97.8 Å². The summed E-state index contributed by atoms with van der Waals surface area (Å²) in [6.07, 6.45) is 1.61. The van der Waals surface area contributed by atoms with E-state index in [4.69, 9.17) is 16.1 Å². The summed E-state index contributed by atoms with van der Waals surface area (Å²) in [5, 5.41) is 16.4. The van der Waals surface area contributed by atoms with Gasteiger partial charge in [0.15, 0.2) is 0 Å². The molecule has 5 heteroatoms. The fourth-order valence-corrected chi connectivity index (χ4v) is 1.53. The monoisotopic (exact) mass is 238 g/mol. The molecule has 0 aliphatic rings. The van der Waals surface area contributed by atoms with Gasteiger partial charge in [-0.15, -0.1) is 0 Å². The zero-order valence-corrected chi connectivity index (χ0v) is 9.24. The van der Waals surface area contributed by atoms with Gasteiger partial charge in [0.25, 0.3) is 0 Å². The lowest BCUT2D eigenvalue weighted by atomic mass is 10.2. The number of nitrogens with one attached hydrogen (secondary N) is 1. The van der Waals surface area contributed by atoms with E-state index >= 15 is 0 Å². The molecule has 2 N–H and O–H groups in total. The van der Waals surface area contributed by atoms with Crippen molar-refractivity contribution in [2.24, 2.45) is 0 Å². The molecule has 0 spiro atoms. The van der Waals surface area contributed by atoms with Gasteiger partial charge >= 0.3 is 0 Å². The maximum atomic E-state index is 9.24. The van der Waals surface area contributed by atoms with Crippen molar-refractivity contribution >= 4 is 11.6 Å². The zero-order valence-electron chi connectivity index (χ0n) is 8.48. The quantitative estimate of drug-likeness (QED) is 0.858. The largest absolute Gasteiger partial charge is 0.506 e. The smallest absolute Gasteiger partial charge is 0.150 e. The summed E-state index contributed by atoms with van der Waals surface area (Å²) in [7, 11) is 0. The van der Waals surface area contributed by atoms with Crippen molar-refractivity contribution < 1.29 is 9.63 Å². The Kier molecular flexibility index (Phi) is 3.44. The predicted octanol–water partition coefficient (Wildman–Crippen LogP) is 2.32. The molecule has 0 saturated heterocycles. The van der Waals surface area contributed by atoms with Crippen LogP contribution in [-0.4, -0.2) is 10.3 Å². The van der Waals surface area contributed by atoms with Gasteiger partial charge in [-0.25, -0.2) is 0 Å². The summed E-state index contributed by atoms with van der Waals surface area (Å²) in [5.41, 5.74) is 1.00. The molecular weight excluding hydrogens is 228 g/mol. The Morgan fingerprint density at radius 2 is 2.19 bits per heavy atom. The minimum absolute atomic E-state index is 0.0978. The molecule has 0 aliphatic heterocycles. The SMILES string of the molecule is Oc1ccc(CNCc2ccno2)cc1Cl. The Balaban J connectivity index is 1.87. The standard InChI is InChI=1S/C11H11ClN2O2/c12-10-5-8(1-2-11(10)15)6-13-7-9-3-4-14-16-9/h1-5,13,15H,6-7H2. The van der Waals surface area contributed by atoms with E-state index in [1.54, 1.807) is 24.4 Å². The first-order valence-electron chi connectivity index (χ1n) is 4.83. The van der Waals surface area contributed by atoms with E-state index in [1.807, 2.05) is 6.07 Å². The molecular formula is C11H11ClN2O2. The van der Waals surface area contributed by atoms with Crippen LogP contribution in [0.3, 0.4) is 0 Å². The third-order valence-corrected chi connectivity index (χ3v) is 2.43. The minimum atomic E-state index is 0.0978. The fourth-order valence-electron chi connectivity index (χ4n) is 1.32. The number of nitrogens with zero attached hydrogens (tertiary/aromatic N) is 1. The third kappa shape index (κ3) is 2.74. The Bertz CT molecular complexity index is 457. The molecule has 1 aromatic heterocycles. The summed E-state index contributed by atoms with van der Waals surface area (Å²) in [4.78, 5) is 0. The molecule has 0 aliphatic carbocycles. The van der Waals surface area contributed by atoms with Crippen molar-refractivity contribution in [3.05, 3.63) is 46.8 Å². The zero-order chi connectivity index (χ0) is 11.4. The van der Waals surface area contributed by atoms with Gasteiger partial charge in [0.05, 0.1) is 17.8 Å². The molecule has 1 heterocycles. The molecule has 16 heavy (non-hydrogen) atoms. The van der Waals surface area contributed by atoms with Gasteiger partial charge in [0.2, 0.25) is 0 Å². The lowest BCUT2D eigenvalue weighted by Gasteiger charge is -2.04. The number of benzene rings is 1. The van der Waals surface area contributed by atoms with Crippen LogP contribution in [0.2, 0.25) is 5.02 Å². The van der Waals surface area contributed by atoms with E-state index in [1.165, 1.54) is 0 Å². The molecule has 2 rings (SSSR count). The number of rotatable bonds is 4. The van der Waals surface area contributed by atoms with E-state index in [-0.39, 0.29) is 5.75 Å². The van der Waals surface area contributed by atoms with E-state index in [0.717, 1.165) is 11.3 Å². The van der Waals surface area contributed by atoms with Crippen LogP contribution in [0.15, 0.2) is 35.0 Å². The summed E-state index contributed by atoms with van der Waals surface area (Å²) < 4.78 is 4.94. The molecule has 84 valence electrons. The van der Waals surface area contributed by atoms with E-state index < -0.39 is 0 Å². The average Bonchev–Trinajstić information content (AvgIpc) is 2.76. The number of phenols is 1. The average molecular weight is 239 g/mol. The van der Waals surface area contributed by atoms with Crippen molar-refractivity contribution in [3.8, 4) is 5.75 Å². The van der Waals surface area contributed by atoms with Crippen LogP contribution in [0.1, 0.15) is 11.3 Å². The molecule has 1 aromatic carbocycles. The Hall–Kier alpha value is -1.52. The minimum Gasteiger partial charge on any atom is -0.506 e. The van der Waals surface area contributed by atoms with Crippen LogP contribution in [-0.2, 0) is 13.1 Å². The van der Waals surface area contributed by atoms with Crippen molar-refractivity contribution in [2.45, 2.75) is 13.1 Å². The molecule has 0 fully saturated rings. The number of hydrogen-bond donors (Lipinski definition) is 2. The van der Waals surface area contributed by atoms with Gasteiger partial charge in [-0.2, -0.15) is 0 Å². The summed E-state index contributed by atoms with van der Waals surface area (Å²) in [5.74, 6) is 0.880. The van der Waals surface area contributed by atoms with E-state index in [0.29, 0.717) is 18.1 Å². The van der Waals surface area contributed by atoms with Crippen LogP contribution in [0.25, 0.3) is 0 Å². The molecule has 0 bridgehead atoms. The highest BCUT2D eigenvalue weighted by Crippen LogP contribution is 2.23. The second kappa shape index (κ2) is 5.01. The molecule has 0 atom stereocenters. The summed E-state index contributed by atoms with van der Waals surface area (Å²) in [6, 6.07) is 6.92. The maximum absolute atomic E-state index is 9.24. The van der Waals surface area contributed by atoms with Crippen LogP contribution in [0.4, 0.5) is 0 Å². The molecule has 2 aromatic rings.